The van der Waals surface area contributed by atoms with E-state index >= 15 is 0 Å². The van der Waals surface area contributed by atoms with E-state index in [-0.39, 0.29) is 0 Å². The Morgan fingerprint density at radius 2 is 2.54 bits per heavy atom. The van der Waals surface area contributed by atoms with Gasteiger partial charge < -0.3 is 5.32 Å². The van der Waals surface area contributed by atoms with Gasteiger partial charge in [0.05, 0.1) is 0 Å². The molecule has 3 heteroatoms. The van der Waals surface area contributed by atoms with Gasteiger partial charge in [-0.05, 0) is 13.8 Å². The Labute approximate surface area is 83.4 Å². The molecule has 1 aromatic rings. The number of nitrogens with zero attached hydrogens (tertiary/aromatic N) is 1. The normalized spacial score (nSPS) is 12.4. The van der Waals surface area contributed by atoms with E-state index < -0.39 is 0 Å². The fraction of sp³-hybridized carbons (Fsp3) is 0.500. The average molecular weight is 194 g/mol. The van der Waals surface area contributed by atoms with Crippen LogP contribution in [0.3, 0.4) is 0 Å². The van der Waals surface area contributed by atoms with Crippen molar-refractivity contribution in [3.63, 3.8) is 0 Å². The van der Waals surface area contributed by atoms with E-state index in [1.54, 1.807) is 11.3 Å². The third kappa shape index (κ3) is 3.58. The molecule has 0 aromatic carbocycles. The molecule has 1 atom stereocenters. The zero-order chi connectivity index (χ0) is 9.68. The third-order valence-corrected chi connectivity index (χ3v) is 2.66. The molecule has 1 unspecified atom stereocenters. The van der Waals surface area contributed by atoms with Crippen molar-refractivity contribution >= 4 is 11.3 Å². The van der Waals surface area contributed by atoms with Gasteiger partial charge in [-0.1, -0.05) is 0 Å². The van der Waals surface area contributed by atoms with Crippen molar-refractivity contribution < 1.29 is 0 Å². The molecule has 0 spiro atoms. The Kier molecular flexibility index (Phi) is 3.94. The standard InChI is InChI=1S/C10H14N2S/c1-4-5-8(2)11-6-10-12-9(3)7-13-10/h1,7-8,11H,5-6H2,2-3H3. The van der Waals surface area contributed by atoms with Crippen molar-refractivity contribution in [1.29, 1.82) is 0 Å². The summed E-state index contributed by atoms with van der Waals surface area (Å²) in [5, 5.41) is 6.50. The van der Waals surface area contributed by atoms with Crippen molar-refractivity contribution in [2.75, 3.05) is 0 Å². The molecule has 1 rings (SSSR count). The minimum atomic E-state index is 0.370. The van der Waals surface area contributed by atoms with Gasteiger partial charge in [0.15, 0.2) is 0 Å². The van der Waals surface area contributed by atoms with Crippen LogP contribution in [-0.2, 0) is 6.54 Å². The molecule has 70 valence electrons. The van der Waals surface area contributed by atoms with Crippen molar-refractivity contribution in [3.8, 4) is 12.3 Å². The second-order valence-corrected chi connectivity index (χ2v) is 4.02. The van der Waals surface area contributed by atoms with Gasteiger partial charge in [0.1, 0.15) is 5.01 Å². The molecule has 0 aliphatic rings. The van der Waals surface area contributed by atoms with Gasteiger partial charge in [-0.3, -0.25) is 0 Å². The van der Waals surface area contributed by atoms with Gasteiger partial charge in [0.25, 0.3) is 0 Å². The lowest BCUT2D eigenvalue weighted by Gasteiger charge is -2.08. The number of hydrogen-bond donors (Lipinski definition) is 1. The van der Waals surface area contributed by atoms with E-state index in [0.717, 1.165) is 23.7 Å². The number of nitrogens with one attached hydrogen (secondary N) is 1. The summed E-state index contributed by atoms with van der Waals surface area (Å²) in [6, 6.07) is 0.370. The van der Waals surface area contributed by atoms with Crippen molar-refractivity contribution in [2.45, 2.75) is 32.9 Å². The second kappa shape index (κ2) is 5.00. The maximum absolute atomic E-state index is 5.20. The highest BCUT2D eigenvalue weighted by atomic mass is 32.1. The number of terminal acetylenes is 1. The SMILES string of the molecule is C#CCC(C)NCc1nc(C)cs1. The largest absolute Gasteiger partial charge is 0.307 e. The Hall–Kier alpha value is -0.850. The molecule has 1 heterocycles. The number of hydrogen-bond acceptors (Lipinski definition) is 3. The molecule has 0 aliphatic heterocycles. The van der Waals surface area contributed by atoms with Crippen LogP contribution < -0.4 is 5.32 Å². The fourth-order valence-electron chi connectivity index (χ4n) is 0.994. The van der Waals surface area contributed by atoms with Crippen LogP contribution in [0.15, 0.2) is 5.38 Å². The molecule has 0 saturated heterocycles. The van der Waals surface area contributed by atoms with Gasteiger partial charge in [-0.25, -0.2) is 4.98 Å². The van der Waals surface area contributed by atoms with E-state index in [4.69, 9.17) is 6.42 Å². The minimum absolute atomic E-state index is 0.370. The van der Waals surface area contributed by atoms with E-state index in [1.807, 2.05) is 6.92 Å². The summed E-state index contributed by atoms with van der Waals surface area (Å²) in [5.74, 6) is 2.63. The quantitative estimate of drug-likeness (QED) is 0.741. The van der Waals surface area contributed by atoms with Crippen LogP contribution in [0.1, 0.15) is 24.0 Å². The molecule has 1 N–H and O–H groups in total. The second-order valence-electron chi connectivity index (χ2n) is 3.07. The topological polar surface area (TPSA) is 24.9 Å². The number of thiazole rings is 1. The highest BCUT2D eigenvalue weighted by Crippen LogP contribution is 2.08. The molecule has 0 radical (unpaired) electrons. The molecule has 1 aromatic heterocycles. The lowest BCUT2D eigenvalue weighted by Crippen LogP contribution is -2.24. The van der Waals surface area contributed by atoms with Crippen LogP contribution in [0, 0.1) is 19.3 Å². The Balaban J connectivity index is 2.31. The number of aromatic nitrogens is 1. The van der Waals surface area contributed by atoms with Gasteiger partial charge in [0, 0.05) is 30.1 Å². The van der Waals surface area contributed by atoms with Crippen molar-refractivity contribution in [3.05, 3.63) is 16.1 Å². The molecular weight excluding hydrogens is 180 g/mol. The highest BCUT2D eigenvalue weighted by molar-refractivity contribution is 7.09. The van der Waals surface area contributed by atoms with Crippen LogP contribution in [-0.4, -0.2) is 11.0 Å². The van der Waals surface area contributed by atoms with E-state index in [2.05, 4.69) is 28.5 Å². The highest BCUT2D eigenvalue weighted by Gasteiger charge is 2.01. The number of rotatable bonds is 4. The summed E-state index contributed by atoms with van der Waals surface area (Å²) in [5.41, 5.74) is 1.09. The molecule has 0 saturated carbocycles. The van der Waals surface area contributed by atoms with Crippen LogP contribution in [0.2, 0.25) is 0 Å². The first-order valence-electron chi connectivity index (χ1n) is 4.30. The predicted molar refractivity (Wildman–Crippen MR) is 56.6 cm³/mol. The molecule has 0 aliphatic carbocycles. The van der Waals surface area contributed by atoms with Gasteiger partial charge in [-0.15, -0.1) is 23.7 Å². The Morgan fingerprint density at radius 3 is 3.08 bits per heavy atom. The average Bonchev–Trinajstić information content (AvgIpc) is 2.49. The summed E-state index contributed by atoms with van der Waals surface area (Å²) in [4.78, 5) is 4.35. The molecule has 0 amide bonds. The molecule has 13 heavy (non-hydrogen) atoms. The van der Waals surface area contributed by atoms with Gasteiger partial charge >= 0.3 is 0 Å². The third-order valence-electron chi connectivity index (χ3n) is 1.69. The Bertz CT molecular complexity index is 298. The first kappa shape index (κ1) is 10.2. The first-order chi connectivity index (χ1) is 6.22. The fourth-order valence-corrected chi connectivity index (χ4v) is 1.72. The molecule has 0 fully saturated rings. The Morgan fingerprint density at radius 1 is 1.77 bits per heavy atom. The van der Waals surface area contributed by atoms with Crippen LogP contribution in [0.5, 0.6) is 0 Å². The zero-order valence-corrected chi connectivity index (χ0v) is 8.82. The smallest absolute Gasteiger partial charge is 0.107 e. The predicted octanol–water partition coefficient (Wildman–Crippen LogP) is 1.95. The number of aryl methyl sites for hydroxylation is 1. The summed E-state index contributed by atoms with van der Waals surface area (Å²) in [6.45, 7) is 4.91. The van der Waals surface area contributed by atoms with Gasteiger partial charge in [0.2, 0.25) is 0 Å². The van der Waals surface area contributed by atoms with E-state index in [0.29, 0.717) is 6.04 Å². The van der Waals surface area contributed by atoms with E-state index in [9.17, 15) is 0 Å². The zero-order valence-electron chi connectivity index (χ0n) is 8.00. The maximum Gasteiger partial charge on any atom is 0.107 e. The summed E-state index contributed by atoms with van der Waals surface area (Å²) < 4.78 is 0. The first-order valence-corrected chi connectivity index (χ1v) is 5.18. The van der Waals surface area contributed by atoms with E-state index in [1.165, 1.54) is 0 Å². The molecule has 2 nitrogen and oxygen atoms in total. The lowest BCUT2D eigenvalue weighted by molar-refractivity contribution is 0.558. The van der Waals surface area contributed by atoms with Crippen LogP contribution in [0.25, 0.3) is 0 Å². The summed E-state index contributed by atoms with van der Waals surface area (Å²) >= 11 is 1.68. The lowest BCUT2D eigenvalue weighted by atomic mass is 10.2. The molecule has 0 bridgehead atoms. The minimum Gasteiger partial charge on any atom is -0.307 e. The van der Waals surface area contributed by atoms with Gasteiger partial charge in [-0.2, -0.15) is 0 Å². The molecular formula is C10H14N2S. The summed E-state index contributed by atoms with van der Waals surface area (Å²) in [6.07, 6.45) is 5.97. The van der Waals surface area contributed by atoms with Crippen molar-refractivity contribution in [1.82, 2.24) is 10.3 Å². The maximum atomic E-state index is 5.20. The van der Waals surface area contributed by atoms with Crippen LogP contribution in [0.4, 0.5) is 0 Å². The monoisotopic (exact) mass is 194 g/mol. The summed E-state index contributed by atoms with van der Waals surface area (Å²) in [7, 11) is 0. The van der Waals surface area contributed by atoms with Crippen molar-refractivity contribution in [2.24, 2.45) is 0 Å². The van der Waals surface area contributed by atoms with Crippen LogP contribution >= 0.6 is 11.3 Å².